The summed E-state index contributed by atoms with van der Waals surface area (Å²) >= 11 is 5.76. The zero-order chi connectivity index (χ0) is 15.9. The number of carbonyl (C=O) groups excluding carboxylic acids is 1. The van der Waals surface area contributed by atoms with Crippen LogP contribution in [0, 0.1) is 5.82 Å². The molecule has 1 rings (SSSR count). The molecular weight excluding hydrogens is 293 g/mol. The monoisotopic (exact) mass is 313 g/mol. The molecule has 1 aromatic carbocycles. The molecule has 116 valence electrons. The van der Waals surface area contributed by atoms with E-state index >= 15 is 0 Å². The van der Waals surface area contributed by atoms with E-state index in [1.807, 2.05) is 0 Å². The summed E-state index contributed by atoms with van der Waals surface area (Å²) in [5.74, 6) is -0.251. The Hall–Kier alpha value is -1.55. The van der Waals surface area contributed by atoms with Gasteiger partial charge in [0, 0.05) is 12.1 Å². The fraction of sp³-hybridized carbons (Fsp3) is 0.438. The molecule has 0 heterocycles. The van der Waals surface area contributed by atoms with Gasteiger partial charge in [0.2, 0.25) is 0 Å². The molecule has 0 fully saturated rings. The van der Waals surface area contributed by atoms with Crippen molar-refractivity contribution in [3.8, 4) is 0 Å². The van der Waals surface area contributed by atoms with Crippen LogP contribution in [0.4, 0.5) is 9.18 Å². The molecule has 0 atom stereocenters. The molecular formula is C16H21ClFNO2. The Morgan fingerprint density at radius 1 is 1.33 bits per heavy atom. The van der Waals surface area contributed by atoms with E-state index < -0.39 is 11.7 Å². The van der Waals surface area contributed by atoms with E-state index in [1.54, 1.807) is 32.9 Å². The summed E-state index contributed by atoms with van der Waals surface area (Å²) in [4.78, 5) is 11.5. The number of hydrogen-bond acceptors (Lipinski definition) is 2. The summed E-state index contributed by atoms with van der Waals surface area (Å²) in [6, 6.07) is 6.34. The minimum Gasteiger partial charge on any atom is -0.444 e. The maximum atomic E-state index is 12.8. The SMILES string of the molecule is CC(C)(C)OC(=O)NC/C(=C/Cl)CCc1ccc(F)cc1. The van der Waals surface area contributed by atoms with Gasteiger partial charge in [0.1, 0.15) is 11.4 Å². The summed E-state index contributed by atoms with van der Waals surface area (Å²) < 4.78 is 17.9. The fourth-order valence-electron chi connectivity index (χ4n) is 1.64. The molecule has 3 nitrogen and oxygen atoms in total. The number of benzene rings is 1. The van der Waals surface area contributed by atoms with Crippen LogP contribution in [0.5, 0.6) is 0 Å². The van der Waals surface area contributed by atoms with Crippen molar-refractivity contribution in [2.24, 2.45) is 0 Å². The fourth-order valence-corrected chi connectivity index (χ4v) is 1.82. The van der Waals surface area contributed by atoms with Crippen LogP contribution in [0.2, 0.25) is 0 Å². The van der Waals surface area contributed by atoms with Crippen molar-refractivity contribution in [2.45, 2.75) is 39.2 Å². The molecule has 1 N–H and O–H groups in total. The molecule has 0 unspecified atom stereocenters. The molecule has 1 aromatic rings. The molecule has 0 radical (unpaired) electrons. The molecule has 0 saturated carbocycles. The van der Waals surface area contributed by atoms with E-state index in [0.29, 0.717) is 13.0 Å². The lowest BCUT2D eigenvalue weighted by Gasteiger charge is -2.20. The van der Waals surface area contributed by atoms with E-state index in [2.05, 4.69) is 5.32 Å². The number of halogens is 2. The Morgan fingerprint density at radius 3 is 2.48 bits per heavy atom. The first-order chi connectivity index (χ1) is 9.80. The van der Waals surface area contributed by atoms with Crippen molar-refractivity contribution in [1.29, 1.82) is 0 Å². The summed E-state index contributed by atoms with van der Waals surface area (Å²) in [6.07, 6.45) is 0.944. The number of amides is 1. The molecule has 0 bridgehead atoms. The van der Waals surface area contributed by atoms with Gasteiger partial charge in [-0.05, 0) is 56.9 Å². The van der Waals surface area contributed by atoms with E-state index in [0.717, 1.165) is 17.6 Å². The quantitative estimate of drug-likeness (QED) is 0.874. The second kappa shape index (κ2) is 8.03. The number of rotatable bonds is 5. The van der Waals surface area contributed by atoms with Gasteiger partial charge in [-0.3, -0.25) is 0 Å². The molecule has 5 heteroatoms. The van der Waals surface area contributed by atoms with Gasteiger partial charge in [-0.1, -0.05) is 23.7 Å². The third-order valence-corrected chi connectivity index (χ3v) is 2.97. The molecule has 0 aliphatic rings. The molecule has 0 aliphatic carbocycles. The highest BCUT2D eigenvalue weighted by atomic mass is 35.5. The molecule has 21 heavy (non-hydrogen) atoms. The third kappa shape index (κ3) is 7.71. The van der Waals surface area contributed by atoms with Crippen LogP contribution in [-0.4, -0.2) is 18.2 Å². The van der Waals surface area contributed by atoms with Crippen LogP contribution in [0.1, 0.15) is 32.8 Å². The van der Waals surface area contributed by atoms with Crippen LogP contribution in [0.3, 0.4) is 0 Å². The van der Waals surface area contributed by atoms with Crippen LogP contribution in [0.15, 0.2) is 35.4 Å². The highest BCUT2D eigenvalue weighted by Crippen LogP contribution is 2.11. The van der Waals surface area contributed by atoms with Crippen molar-refractivity contribution in [2.75, 3.05) is 6.54 Å². The van der Waals surface area contributed by atoms with Crippen LogP contribution < -0.4 is 5.32 Å². The minimum atomic E-state index is -0.525. The summed E-state index contributed by atoms with van der Waals surface area (Å²) in [5.41, 5.74) is 2.83. The topological polar surface area (TPSA) is 38.3 Å². The standard InChI is InChI=1S/C16H21ClFNO2/c1-16(2,3)21-15(20)19-11-13(10-17)5-4-12-6-8-14(18)9-7-12/h6-10H,4-5,11H2,1-3H3,(H,19,20)/b13-10+. The first-order valence-electron chi connectivity index (χ1n) is 6.79. The highest BCUT2D eigenvalue weighted by Gasteiger charge is 2.15. The van der Waals surface area contributed by atoms with Crippen molar-refractivity contribution >= 4 is 17.7 Å². The van der Waals surface area contributed by atoms with Gasteiger partial charge in [-0.2, -0.15) is 0 Å². The summed E-state index contributed by atoms with van der Waals surface area (Å²) in [6.45, 7) is 5.75. The van der Waals surface area contributed by atoms with Crippen molar-refractivity contribution in [1.82, 2.24) is 5.32 Å². The second-order valence-corrected chi connectivity index (χ2v) is 5.97. The van der Waals surface area contributed by atoms with E-state index in [9.17, 15) is 9.18 Å². The van der Waals surface area contributed by atoms with Gasteiger partial charge < -0.3 is 10.1 Å². The zero-order valence-corrected chi connectivity index (χ0v) is 13.3. The Morgan fingerprint density at radius 2 is 1.95 bits per heavy atom. The van der Waals surface area contributed by atoms with E-state index in [1.165, 1.54) is 17.7 Å². The molecule has 0 spiro atoms. The average Bonchev–Trinajstić information content (AvgIpc) is 2.39. The Labute approximate surface area is 130 Å². The number of aryl methyl sites for hydroxylation is 1. The summed E-state index contributed by atoms with van der Waals surface area (Å²) in [7, 11) is 0. The second-order valence-electron chi connectivity index (χ2n) is 5.75. The normalized spacial score (nSPS) is 12.1. The molecule has 1 amide bonds. The van der Waals surface area contributed by atoms with Crippen molar-refractivity contribution in [3.05, 3.63) is 46.8 Å². The predicted octanol–water partition coefficient (Wildman–Crippen LogP) is 4.41. The Balaban J connectivity index is 2.39. The van der Waals surface area contributed by atoms with Gasteiger partial charge in [0.25, 0.3) is 0 Å². The number of hydrogen-bond donors (Lipinski definition) is 1. The van der Waals surface area contributed by atoms with E-state index in [4.69, 9.17) is 16.3 Å². The lowest BCUT2D eigenvalue weighted by Crippen LogP contribution is -2.33. The largest absolute Gasteiger partial charge is 0.444 e. The van der Waals surface area contributed by atoms with E-state index in [-0.39, 0.29) is 5.82 Å². The van der Waals surface area contributed by atoms with Crippen molar-refractivity contribution in [3.63, 3.8) is 0 Å². The van der Waals surface area contributed by atoms with Crippen LogP contribution in [0.25, 0.3) is 0 Å². The Kier molecular flexibility index (Phi) is 6.69. The highest BCUT2D eigenvalue weighted by molar-refractivity contribution is 6.25. The lowest BCUT2D eigenvalue weighted by atomic mass is 10.1. The molecule has 0 aliphatic heterocycles. The van der Waals surface area contributed by atoms with Crippen LogP contribution in [-0.2, 0) is 11.2 Å². The number of carbonyl (C=O) groups is 1. The Bertz CT molecular complexity index is 492. The maximum Gasteiger partial charge on any atom is 0.407 e. The third-order valence-electron chi connectivity index (χ3n) is 2.66. The first-order valence-corrected chi connectivity index (χ1v) is 7.23. The van der Waals surface area contributed by atoms with Gasteiger partial charge in [-0.25, -0.2) is 9.18 Å². The number of alkyl carbamates (subject to hydrolysis) is 1. The minimum absolute atomic E-state index is 0.251. The van der Waals surface area contributed by atoms with Gasteiger partial charge >= 0.3 is 6.09 Å². The molecule has 0 aromatic heterocycles. The van der Waals surface area contributed by atoms with Gasteiger partial charge in [0.05, 0.1) is 0 Å². The summed E-state index contributed by atoms with van der Waals surface area (Å²) in [5, 5.41) is 2.66. The maximum absolute atomic E-state index is 12.8. The van der Waals surface area contributed by atoms with Gasteiger partial charge in [-0.15, -0.1) is 0 Å². The smallest absolute Gasteiger partial charge is 0.407 e. The van der Waals surface area contributed by atoms with Crippen molar-refractivity contribution < 1.29 is 13.9 Å². The predicted molar refractivity (Wildman–Crippen MR) is 82.9 cm³/mol. The average molecular weight is 314 g/mol. The zero-order valence-electron chi connectivity index (χ0n) is 12.6. The lowest BCUT2D eigenvalue weighted by molar-refractivity contribution is 0.0532. The van der Waals surface area contributed by atoms with Crippen LogP contribution >= 0.6 is 11.6 Å². The molecule has 0 saturated heterocycles. The first kappa shape index (κ1) is 17.5. The van der Waals surface area contributed by atoms with Gasteiger partial charge in [0.15, 0.2) is 0 Å². The number of ether oxygens (including phenoxy) is 1. The number of nitrogens with one attached hydrogen (secondary N) is 1.